The van der Waals surface area contributed by atoms with Crippen molar-refractivity contribution in [3.63, 3.8) is 0 Å². The molecule has 3 rings (SSSR count). The average Bonchev–Trinajstić information content (AvgIpc) is 3.44. The molecule has 23 nitrogen and oxygen atoms in total. The number of carbonyl (C=O) groups is 3. The van der Waals surface area contributed by atoms with Crippen LogP contribution in [0.15, 0.2) is 0 Å². The van der Waals surface area contributed by atoms with E-state index in [-0.39, 0.29) is 18.9 Å². The van der Waals surface area contributed by atoms with Gasteiger partial charge < -0.3 is 100 Å². The van der Waals surface area contributed by atoms with Crippen molar-refractivity contribution in [1.82, 2.24) is 10.6 Å². The van der Waals surface area contributed by atoms with Gasteiger partial charge in [-0.3, -0.25) is 9.59 Å². The van der Waals surface area contributed by atoms with Crippen LogP contribution in [0.4, 0.5) is 0 Å². The maximum atomic E-state index is 13.4. The van der Waals surface area contributed by atoms with Crippen LogP contribution in [0.2, 0.25) is 0 Å². The summed E-state index contributed by atoms with van der Waals surface area (Å²) < 4.78 is 34.7. The molecule has 80 heavy (non-hydrogen) atoms. The highest BCUT2D eigenvalue weighted by Crippen LogP contribution is 2.38. The number of hydrogen-bond donors (Lipinski definition) is 14. The number of carboxylic acid groups (broad SMARTS) is 1. The molecule has 1 unspecified atom stereocenters. The maximum Gasteiger partial charge on any atom is 0.364 e. The topological polar surface area (TPSA) is 373 Å². The summed E-state index contributed by atoms with van der Waals surface area (Å²) in [6, 6.07) is -2.52. The summed E-state index contributed by atoms with van der Waals surface area (Å²) >= 11 is 0. The molecule has 3 aliphatic rings. The SMILES string of the molecule is CCCCCCCCCCCCCCCC(=O)N[C@@H](CO[C@@H]1O[C@H](CO)[C@@H](O[C@@H]2O[C@H](CO)[C@H](O)[C@H](O[C@]3(C(=O)O)C[C@H](O)[C@@H](NC(C)=O)C([C@H](O)[C@H](O)CO)O3)[C@H]2O)[C@H](O)[C@H]1O)[C@H](O)CCCCCCCCCCCCCCC. The Bertz CT molecular complexity index is 1660. The van der Waals surface area contributed by atoms with Crippen molar-refractivity contribution in [2.24, 2.45) is 0 Å². The highest BCUT2D eigenvalue weighted by molar-refractivity contribution is 5.77. The van der Waals surface area contributed by atoms with Gasteiger partial charge in [-0.15, -0.1) is 0 Å². The molecular formula is C57H106N2O21. The molecule has 3 saturated heterocycles. The first-order chi connectivity index (χ1) is 38.4. The molecule has 0 radical (unpaired) electrons. The minimum atomic E-state index is -3.07. The normalized spacial score (nSPS) is 30.6. The lowest BCUT2D eigenvalue weighted by molar-refractivity contribution is -0.386. The van der Waals surface area contributed by atoms with E-state index in [9.17, 15) is 75.7 Å². The van der Waals surface area contributed by atoms with Crippen molar-refractivity contribution in [3.8, 4) is 0 Å². The second-order valence-electron chi connectivity index (χ2n) is 22.6. The largest absolute Gasteiger partial charge is 0.477 e. The van der Waals surface area contributed by atoms with Gasteiger partial charge in [0.2, 0.25) is 11.8 Å². The lowest BCUT2D eigenvalue weighted by atomic mass is 9.88. The van der Waals surface area contributed by atoms with Crippen LogP contribution in [0, 0.1) is 0 Å². The molecule has 470 valence electrons. The maximum absolute atomic E-state index is 13.4. The molecule has 0 aromatic carbocycles. The third-order valence-corrected chi connectivity index (χ3v) is 15.8. The summed E-state index contributed by atoms with van der Waals surface area (Å²) in [6.45, 7) is 2.16. The third-order valence-electron chi connectivity index (χ3n) is 15.8. The number of aliphatic carboxylic acids is 1. The Kier molecular flexibility index (Phi) is 36.1. The number of aliphatic hydroxyl groups excluding tert-OH is 11. The van der Waals surface area contributed by atoms with Crippen molar-refractivity contribution in [2.45, 2.75) is 317 Å². The molecule has 3 aliphatic heterocycles. The van der Waals surface area contributed by atoms with E-state index in [2.05, 4.69) is 24.5 Å². The molecular weight excluding hydrogens is 1050 g/mol. The molecule has 0 bridgehead atoms. The van der Waals surface area contributed by atoms with Gasteiger partial charge in [-0.25, -0.2) is 4.79 Å². The quantitative estimate of drug-likeness (QED) is 0.0390. The van der Waals surface area contributed by atoms with E-state index in [1.807, 2.05) is 0 Å². The zero-order valence-corrected chi connectivity index (χ0v) is 48.2. The molecule has 2 amide bonds. The zero-order chi connectivity index (χ0) is 59.0. The number of amides is 2. The van der Waals surface area contributed by atoms with Gasteiger partial charge >= 0.3 is 5.97 Å². The zero-order valence-electron chi connectivity index (χ0n) is 48.2. The number of aliphatic hydroxyl groups is 11. The summed E-state index contributed by atoms with van der Waals surface area (Å²) in [5.41, 5.74) is 0. The first-order valence-electron chi connectivity index (χ1n) is 30.4. The molecule has 3 fully saturated rings. The van der Waals surface area contributed by atoms with Gasteiger partial charge in [0.25, 0.3) is 5.79 Å². The Balaban J connectivity index is 1.67. The predicted octanol–water partition coefficient (Wildman–Crippen LogP) is 2.61. The van der Waals surface area contributed by atoms with Crippen LogP contribution in [0.3, 0.4) is 0 Å². The fraction of sp³-hybridized carbons (Fsp3) is 0.947. The van der Waals surface area contributed by atoms with Crippen LogP contribution in [-0.4, -0.2) is 215 Å². The van der Waals surface area contributed by atoms with E-state index in [0.29, 0.717) is 19.3 Å². The van der Waals surface area contributed by atoms with Crippen LogP contribution < -0.4 is 10.6 Å². The summed E-state index contributed by atoms with van der Waals surface area (Å²) in [7, 11) is 0. The molecule has 0 aromatic rings. The van der Waals surface area contributed by atoms with E-state index >= 15 is 0 Å². The molecule has 0 saturated carbocycles. The van der Waals surface area contributed by atoms with Crippen LogP contribution >= 0.6 is 0 Å². The van der Waals surface area contributed by atoms with Gasteiger partial charge in [-0.05, 0) is 12.8 Å². The fourth-order valence-electron chi connectivity index (χ4n) is 10.9. The first-order valence-corrected chi connectivity index (χ1v) is 30.4. The van der Waals surface area contributed by atoms with Crippen LogP contribution in [-0.2, 0) is 42.8 Å². The average molecular weight is 1160 g/mol. The lowest BCUT2D eigenvalue weighted by Gasteiger charge is -2.50. The van der Waals surface area contributed by atoms with Crippen molar-refractivity contribution in [2.75, 3.05) is 26.4 Å². The number of unbranched alkanes of at least 4 members (excludes halogenated alkanes) is 24. The second-order valence-corrected chi connectivity index (χ2v) is 22.6. The summed E-state index contributed by atoms with van der Waals surface area (Å²) in [4.78, 5) is 38.4. The Morgan fingerprint density at radius 2 is 1.09 bits per heavy atom. The smallest absolute Gasteiger partial charge is 0.364 e. The van der Waals surface area contributed by atoms with Gasteiger partial charge in [0.15, 0.2) is 12.6 Å². The molecule has 3 heterocycles. The Labute approximate surface area is 474 Å². The number of carbonyl (C=O) groups excluding carboxylic acids is 2. The van der Waals surface area contributed by atoms with Crippen LogP contribution in [0.1, 0.15) is 207 Å². The van der Waals surface area contributed by atoms with Gasteiger partial charge in [0, 0.05) is 19.8 Å². The number of nitrogens with one attached hydrogen (secondary N) is 2. The summed E-state index contributed by atoms with van der Waals surface area (Å²) in [5, 5.41) is 135. The predicted molar refractivity (Wildman–Crippen MR) is 292 cm³/mol. The summed E-state index contributed by atoms with van der Waals surface area (Å²) in [6.07, 6.45) is 1.32. The molecule has 18 atom stereocenters. The molecule has 23 heteroatoms. The molecule has 0 aromatic heterocycles. The van der Waals surface area contributed by atoms with E-state index in [0.717, 1.165) is 58.3 Å². The fourth-order valence-corrected chi connectivity index (χ4v) is 10.9. The van der Waals surface area contributed by atoms with E-state index in [4.69, 9.17) is 28.4 Å². The van der Waals surface area contributed by atoms with Crippen molar-refractivity contribution >= 4 is 17.8 Å². The van der Waals surface area contributed by atoms with Gasteiger partial charge in [0.05, 0.1) is 50.7 Å². The Morgan fingerprint density at radius 3 is 1.56 bits per heavy atom. The molecule has 0 spiro atoms. The van der Waals surface area contributed by atoms with E-state index in [1.165, 1.54) is 103 Å². The van der Waals surface area contributed by atoms with Crippen molar-refractivity contribution in [1.29, 1.82) is 0 Å². The first kappa shape index (κ1) is 72.0. The Morgan fingerprint density at radius 1 is 0.600 bits per heavy atom. The van der Waals surface area contributed by atoms with E-state index < -0.39 is 148 Å². The van der Waals surface area contributed by atoms with Gasteiger partial charge in [-0.2, -0.15) is 0 Å². The van der Waals surface area contributed by atoms with Gasteiger partial charge in [-0.1, -0.05) is 174 Å². The lowest BCUT2D eigenvalue weighted by Crippen LogP contribution is -2.70. The number of rotatable bonds is 44. The molecule has 14 N–H and O–H groups in total. The van der Waals surface area contributed by atoms with Crippen molar-refractivity contribution in [3.05, 3.63) is 0 Å². The highest BCUT2D eigenvalue weighted by atomic mass is 16.8. The number of carboxylic acids is 1. The summed E-state index contributed by atoms with van der Waals surface area (Å²) in [5.74, 6) is -6.10. The van der Waals surface area contributed by atoms with Crippen LogP contribution in [0.5, 0.6) is 0 Å². The number of hydrogen-bond acceptors (Lipinski definition) is 20. The number of ether oxygens (including phenoxy) is 6. The van der Waals surface area contributed by atoms with Crippen LogP contribution in [0.25, 0.3) is 0 Å². The van der Waals surface area contributed by atoms with Gasteiger partial charge in [0.1, 0.15) is 67.1 Å². The second kappa shape index (κ2) is 40.1. The highest BCUT2D eigenvalue weighted by Gasteiger charge is 2.60. The molecule has 0 aliphatic carbocycles. The minimum Gasteiger partial charge on any atom is -0.477 e. The van der Waals surface area contributed by atoms with E-state index in [1.54, 1.807) is 0 Å². The third kappa shape index (κ3) is 24.4. The monoisotopic (exact) mass is 1150 g/mol. The Hall–Kier alpha value is -2.27. The standard InChI is InChI=1S/C57H106N2O21/c1-4-6-8-10-12-14-16-18-20-22-24-26-28-30-39(64)38(59-44(67)31-29-27-25-23-21-19-17-15-13-11-9-7-5-2)36-75-54-49(71)48(70)51(43(35-62)77-54)78-55-50(72)53(47(69)42(34-61)76-55)80-57(56(73)74)32-40(65)45(58-37(3)63)52(79-57)46(68)41(66)33-60/h38-43,45-55,60-62,64-66,68-72H,4-36H2,1-3H3,(H,58,63)(H,59,67)(H,73,74)/t38-,39+,40-,41+,42+,43+,45+,46+,47-,48+,49+,50+,51+,52?,53-,54+,55-,57-/m0/s1. The van der Waals surface area contributed by atoms with Crippen molar-refractivity contribution < 1.29 is 104 Å². The minimum absolute atomic E-state index is 0.228.